The molecule has 0 fully saturated rings. The number of ether oxygens (including phenoxy) is 1. The first-order chi connectivity index (χ1) is 12.2. The highest BCUT2D eigenvalue weighted by atomic mass is 32.2. The average Bonchev–Trinajstić information content (AvgIpc) is 3.29. The normalized spacial score (nSPS) is 11.1. The third-order valence-corrected chi connectivity index (χ3v) is 4.59. The molecule has 7 nitrogen and oxygen atoms in total. The molecule has 126 valence electrons. The SMILES string of the molecule is COc1ccc(C)n2nc(CSc3nc(-c4ccccc4)n[nH]3)nc12. The second-order valence-electron chi connectivity index (χ2n) is 5.43. The predicted molar refractivity (Wildman–Crippen MR) is 95.7 cm³/mol. The van der Waals surface area contributed by atoms with E-state index < -0.39 is 0 Å². The van der Waals surface area contributed by atoms with Crippen LogP contribution in [0.3, 0.4) is 0 Å². The third kappa shape index (κ3) is 3.08. The molecule has 3 aromatic heterocycles. The van der Waals surface area contributed by atoms with Gasteiger partial charge in [0.1, 0.15) is 0 Å². The van der Waals surface area contributed by atoms with Crippen molar-refractivity contribution in [3.05, 3.63) is 54.0 Å². The minimum atomic E-state index is 0.591. The van der Waals surface area contributed by atoms with Gasteiger partial charge in [0, 0.05) is 11.3 Å². The zero-order chi connectivity index (χ0) is 17.2. The van der Waals surface area contributed by atoms with Gasteiger partial charge < -0.3 is 4.74 Å². The number of nitrogens with zero attached hydrogens (tertiary/aromatic N) is 5. The summed E-state index contributed by atoms with van der Waals surface area (Å²) in [5, 5.41) is 12.5. The minimum Gasteiger partial charge on any atom is -0.493 e. The van der Waals surface area contributed by atoms with Crippen LogP contribution in [0.25, 0.3) is 17.0 Å². The summed E-state index contributed by atoms with van der Waals surface area (Å²) in [6.45, 7) is 1.99. The van der Waals surface area contributed by atoms with Crippen molar-refractivity contribution >= 4 is 17.4 Å². The number of nitrogens with one attached hydrogen (secondary N) is 1. The standard InChI is InChI=1S/C17H16N6OS/c1-11-8-9-13(24-2)16-18-14(22-23(11)16)10-25-17-19-15(20-21-17)12-6-4-3-5-7-12/h3-9H,10H2,1-2H3,(H,19,20,21). The van der Waals surface area contributed by atoms with Crippen molar-refractivity contribution in [1.29, 1.82) is 0 Å². The van der Waals surface area contributed by atoms with Crippen molar-refractivity contribution in [3.63, 3.8) is 0 Å². The van der Waals surface area contributed by atoms with Crippen molar-refractivity contribution in [1.82, 2.24) is 29.8 Å². The Bertz CT molecular complexity index is 1010. The van der Waals surface area contributed by atoms with Gasteiger partial charge in [0.05, 0.1) is 12.9 Å². The van der Waals surface area contributed by atoms with E-state index in [0.29, 0.717) is 17.3 Å². The van der Waals surface area contributed by atoms with Crippen molar-refractivity contribution in [3.8, 4) is 17.1 Å². The fraction of sp³-hybridized carbons (Fsp3) is 0.176. The molecule has 0 saturated heterocycles. The van der Waals surface area contributed by atoms with Crippen LogP contribution >= 0.6 is 11.8 Å². The smallest absolute Gasteiger partial charge is 0.198 e. The number of hydrogen-bond donors (Lipinski definition) is 1. The first-order valence-corrected chi connectivity index (χ1v) is 8.73. The molecule has 0 unspecified atom stereocenters. The van der Waals surface area contributed by atoms with Gasteiger partial charge in [-0.1, -0.05) is 42.1 Å². The molecular formula is C17H16N6OS. The lowest BCUT2D eigenvalue weighted by Crippen LogP contribution is -1.96. The van der Waals surface area contributed by atoms with Crippen LogP contribution in [0.2, 0.25) is 0 Å². The van der Waals surface area contributed by atoms with Crippen molar-refractivity contribution in [2.75, 3.05) is 7.11 Å². The zero-order valence-corrected chi connectivity index (χ0v) is 14.6. The van der Waals surface area contributed by atoms with E-state index in [1.807, 2.05) is 49.4 Å². The Labute approximate surface area is 148 Å². The van der Waals surface area contributed by atoms with Crippen molar-refractivity contribution in [2.45, 2.75) is 17.8 Å². The highest BCUT2D eigenvalue weighted by Gasteiger charge is 2.12. The van der Waals surface area contributed by atoms with Crippen LogP contribution in [0.4, 0.5) is 0 Å². The molecule has 4 rings (SSSR count). The summed E-state index contributed by atoms with van der Waals surface area (Å²) >= 11 is 1.52. The monoisotopic (exact) mass is 352 g/mol. The Morgan fingerprint density at radius 2 is 1.96 bits per heavy atom. The van der Waals surface area contributed by atoms with Gasteiger partial charge in [0.25, 0.3) is 0 Å². The molecule has 0 aliphatic rings. The molecule has 0 saturated carbocycles. The lowest BCUT2D eigenvalue weighted by atomic mass is 10.2. The number of benzene rings is 1. The van der Waals surface area contributed by atoms with E-state index in [2.05, 4.69) is 25.3 Å². The summed E-state index contributed by atoms with van der Waals surface area (Å²) in [6.07, 6.45) is 0. The average molecular weight is 352 g/mol. The van der Waals surface area contributed by atoms with Crippen LogP contribution in [-0.2, 0) is 5.75 Å². The Balaban J connectivity index is 1.53. The Hall–Kier alpha value is -2.87. The maximum absolute atomic E-state index is 5.35. The summed E-state index contributed by atoms with van der Waals surface area (Å²) in [5.41, 5.74) is 2.71. The number of fused-ring (bicyclic) bond motifs is 1. The maximum Gasteiger partial charge on any atom is 0.198 e. The molecule has 8 heteroatoms. The lowest BCUT2D eigenvalue weighted by molar-refractivity contribution is 0.416. The topological polar surface area (TPSA) is 81.0 Å². The summed E-state index contributed by atoms with van der Waals surface area (Å²) < 4.78 is 7.15. The van der Waals surface area contributed by atoms with E-state index in [0.717, 1.165) is 27.9 Å². The molecule has 0 aliphatic heterocycles. The molecule has 0 spiro atoms. The number of aromatic nitrogens is 6. The van der Waals surface area contributed by atoms with Crippen LogP contribution < -0.4 is 4.74 Å². The molecule has 0 aliphatic carbocycles. The first-order valence-electron chi connectivity index (χ1n) is 7.74. The second-order valence-corrected chi connectivity index (χ2v) is 6.39. The third-order valence-electron chi connectivity index (χ3n) is 3.74. The van der Waals surface area contributed by atoms with Crippen molar-refractivity contribution < 1.29 is 4.74 Å². The molecule has 0 radical (unpaired) electrons. The summed E-state index contributed by atoms with van der Waals surface area (Å²) in [7, 11) is 1.63. The van der Waals surface area contributed by atoms with E-state index >= 15 is 0 Å². The van der Waals surface area contributed by atoms with Crippen LogP contribution in [0.15, 0.2) is 47.6 Å². The summed E-state index contributed by atoms with van der Waals surface area (Å²) in [5.74, 6) is 2.70. The van der Waals surface area contributed by atoms with Gasteiger partial charge in [-0.05, 0) is 19.1 Å². The molecule has 25 heavy (non-hydrogen) atoms. The number of rotatable bonds is 5. The summed E-state index contributed by atoms with van der Waals surface area (Å²) in [6, 6.07) is 13.7. The highest BCUT2D eigenvalue weighted by molar-refractivity contribution is 7.98. The largest absolute Gasteiger partial charge is 0.493 e. The minimum absolute atomic E-state index is 0.591. The van der Waals surface area contributed by atoms with Gasteiger partial charge in [0.15, 0.2) is 28.2 Å². The number of pyridine rings is 1. The van der Waals surface area contributed by atoms with Crippen LogP contribution in [0.1, 0.15) is 11.5 Å². The number of methoxy groups -OCH3 is 1. The van der Waals surface area contributed by atoms with Crippen molar-refractivity contribution in [2.24, 2.45) is 0 Å². The maximum atomic E-state index is 5.35. The van der Waals surface area contributed by atoms with Gasteiger partial charge >= 0.3 is 0 Å². The van der Waals surface area contributed by atoms with Gasteiger partial charge in [-0.25, -0.2) is 14.5 Å². The Morgan fingerprint density at radius 1 is 1.12 bits per heavy atom. The van der Waals surface area contributed by atoms with Gasteiger partial charge in [-0.3, -0.25) is 5.10 Å². The zero-order valence-electron chi connectivity index (χ0n) is 13.8. The van der Waals surface area contributed by atoms with Gasteiger partial charge in [0.2, 0.25) is 0 Å². The number of hydrogen-bond acceptors (Lipinski definition) is 6. The van der Waals surface area contributed by atoms with Gasteiger partial charge in [-0.15, -0.1) is 0 Å². The van der Waals surface area contributed by atoms with Crippen LogP contribution in [-0.4, -0.2) is 36.9 Å². The lowest BCUT2D eigenvalue weighted by Gasteiger charge is -2.02. The molecule has 1 aromatic carbocycles. The van der Waals surface area contributed by atoms with E-state index in [1.54, 1.807) is 11.6 Å². The molecule has 0 amide bonds. The van der Waals surface area contributed by atoms with Crippen LogP contribution in [0.5, 0.6) is 5.75 Å². The second kappa shape index (κ2) is 6.56. The Kier molecular flexibility index (Phi) is 4.10. The molecule has 4 aromatic rings. The van der Waals surface area contributed by atoms with E-state index in [9.17, 15) is 0 Å². The van der Waals surface area contributed by atoms with E-state index in [1.165, 1.54) is 11.8 Å². The molecule has 3 heterocycles. The Morgan fingerprint density at radius 3 is 2.76 bits per heavy atom. The summed E-state index contributed by atoms with van der Waals surface area (Å²) in [4.78, 5) is 9.08. The highest BCUT2D eigenvalue weighted by Crippen LogP contribution is 2.24. The molecule has 0 atom stereocenters. The fourth-order valence-electron chi connectivity index (χ4n) is 2.48. The number of H-pyrrole nitrogens is 1. The number of thioether (sulfide) groups is 1. The molecular weight excluding hydrogens is 336 g/mol. The quantitative estimate of drug-likeness (QED) is 0.556. The van der Waals surface area contributed by atoms with Crippen LogP contribution in [0, 0.1) is 6.92 Å². The first kappa shape index (κ1) is 15.6. The number of aryl methyl sites for hydroxylation is 1. The molecule has 0 bridgehead atoms. The van der Waals surface area contributed by atoms with E-state index in [4.69, 9.17) is 4.74 Å². The predicted octanol–water partition coefficient (Wildman–Crippen LogP) is 3.12. The number of aromatic amines is 1. The molecule has 1 N–H and O–H groups in total. The fourth-order valence-corrected chi connectivity index (χ4v) is 3.13. The van der Waals surface area contributed by atoms with E-state index in [-0.39, 0.29) is 0 Å². The van der Waals surface area contributed by atoms with Gasteiger partial charge in [-0.2, -0.15) is 10.2 Å².